The van der Waals surface area contributed by atoms with Gasteiger partial charge in [-0.25, -0.2) is 4.79 Å². The molecule has 1 aromatic heterocycles. The maximum absolute atomic E-state index is 12.8. The van der Waals surface area contributed by atoms with Crippen molar-refractivity contribution in [1.82, 2.24) is 9.13 Å². The van der Waals surface area contributed by atoms with Crippen molar-refractivity contribution in [3.63, 3.8) is 0 Å². The van der Waals surface area contributed by atoms with Crippen molar-refractivity contribution < 1.29 is 14.7 Å². The van der Waals surface area contributed by atoms with Gasteiger partial charge in [0.15, 0.2) is 0 Å². The molecule has 1 heterocycles. The van der Waals surface area contributed by atoms with Gasteiger partial charge >= 0.3 is 5.69 Å². The number of halogens is 1. The van der Waals surface area contributed by atoms with Crippen molar-refractivity contribution in [2.75, 3.05) is 10.6 Å². The van der Waals surface area contributed by atoms with Gasteiger partial charge in [-0.15, -0.1) is 0 Å². The molecule has 36 heavy (non-hydrogen) atoms. The smallest absolute Gasteiger partial charge is 0.331 e. The van der Waals surface area contributed by atoms with Crippen molar-refractivity contribution in [3.05, 3.63) is 67.8 Å². The van der Waals surface area contributed by atoms with Gasteiger partial charge in [-0.1, -0.05) is 11.6 Å². The first kappa shape index (κ1) is 26.7. The molecule has 0 aliphatic carbocycles. The van der Waals surface area contributed by atoms with Crippen LogP contribution in [0.3, 0.4) is 0 Å². The number of nitriles is 1. The van der Waals surface area contributed by atoms with Gasteiger partial charge in [-0.3, -0.25) is 23.5 Å². The Bertz CT molecular complexity index is 1500. The Labute approximate surface area is 211 Å². The second kappa shape index (κ2) is 10.8. The van der Waals surface area contributed by atoms with E-state index in [-0.39, 0.29) is 35.4 Å². The monoisotopic (exact) mass is 511 g/mol. The zero-order valence-electron chi connectivity index (χ0n) is 20.1. The molecule has 1 atom stereocenters. The second-order valence-corrected chi connectivity index (χ2v) is 8.97. The summed E-state index contributed by atoms with van der Waals surface area (Å²) in [6.07, 6.45) is -0.764. The van der Waals surface area contributed by atoms with Crippen molar-refractivity contribution in [1.29, 1.82) is 5.26 Å². The number of nitrogens with zero attached hydrogens (tertiary/aromatic N) is 3. The van der Waals surface area contributed by atoms with E-state index in [0.29, 0.717) is 23.4 Å². The highest BCUT2D eigenvalue weighted by molar-refractivity contribution is 6.32. The van der Waals surface area contributed by atoms with Crippen LogP contribution in [0.5, 0.6) is 0 Å². The van der Waals surface area contributed by atoms with Crippen molar-refractivity contribution in [3.8, 4) is 6.07 Å². The lowest BCUT2D eigenvalue weighted by molar-refractivity contribution is -0.125. The zero-order valence-corrected chi connectivity index (χ0v) is 20.8. The lowest BCUT2D eigenvalue weighted by Crippen LogP contribution is -2.39. The fraction of sp³-hybridized carbons (Fsp3) is 0.320. The summed E-state index contributed by atoms with van der Waals surface area (Å²) in [5, 5.41) is 25.3. The van der Waals surface area contributed by atoms with Crippen molar-refractivity contribution >= 4 is 45.7 Å². The molecule has 0 radical (unpaired) electrons. The Morgan fingerprint density at radius 3 is 2.08 bits per heavy atom. The Balaban J connectivity index is 1.71. The van der Waals surface area contributed by atoms with E-state index in [1.54, 1.807) is 26.0 Å². The van der Waals surface area contributed by atoms with Gasteiger partial charge < -0.3 is 15.7 Å². The Hall–Kier alpha value is -3.94. The molecule has 0 aliphatic rings. The number of fused-ring (bicyclic) bond motifs is 1. The van der Waals surface area contributed by atoms with Crippen molar-refractivity contribution in [2.24, 2.45) is 0 Å². The number of carbonyl (C=O) groups is 2. The highest BCUT2D eigenvalue weighted by atomic mass is 35.5. The second-order valence-electron chi connectivity index (χ2n) is 8.56. The first-order valence-corrected chi connectivity index (χ1v) is 11.7. The van der Waals surface area contributed by atoms with Crippen molar-refractivity contribution in [2.45, 2.75) is 52.3 Å². The van der Waals surface area contributed by atoms with Crippen LogP contribution in [-0.2, 0) is 22.7 Å². The first-order valence-electron chi connectivity index (χ1n) is 11.3. The van der Waals surface area contributed by atoms with Gasteiger partial charge in [0.1, 0.15) is 6.07 Å². The predicted molar refractivity (Wildman–Crippen MR) is 137 cm³/mol. The highest BCUT2D eigenvalue weighted by Gasteiger charge is 2.28. The number of aliphatic hydroxyl groups is 1. The van der Waals surface area contributed by atoms with Crippen LogP contribution < -0.4 is 21.9 Å². The molecule has 1 unspecified atom stereocenters. The van der Waals surface area contributed by atoms with Crippen LogP contribution in [-0.4, -0.2) is 31.7 Å². The highest BCUT2D eigenvalue weighted by Crippen LogP contribution is 2.22. The molecular weight excluding hydrogens is 486 g/mol. The topological polar surface area (TPSA) is 146 Å². The van der Waals surface area contributed by atoms with E-state index >= 15 is 0 Å². The van der Waals surface area contributed by atoms with Gasteiger partial charge in [0, 0.05) is 24.5 Å². The lowest BCUT2D eigenvalue weighted by Gasteiger charge is -2.22. The number of aryl methyl sites for hydroxylation is 1. The van der Waals surface area contributed by atoms with E-state index in [0.717, 1.165) is 4.57 Å². The number of anilines is 2. The lowest BCUT2D eigenvalue weighted by atomic mass is 9.97. The molecule has 3 N–H and O–H groups in total. The maximum Gasteiger partial charge on any atom is 0.331 e. The van der Waals surface area contributed by atoms with E-state index in [1.807, 2.05) is 6.07 Å². The zero-order chi connectivity index (χ0) is 26.6. The Morgan fingerprint density at radius 2 is 1.56 bits per heavy atom. The summed E-state index contributed by atoms with van der Waals surface area (Å²) >= 11 is 5.97. The minimum atomic E-state index is -1.67. The molecule has 0 saturated carbocycles. The van der Waals surface area contributed by atoms with Crippen LogP contribution in [0.25, 0.3) is 10.9 Å². The van der Waals surface area contributed by atoms with E-state index < -0.39 is 28.7 Å². The number of aromatic nitrogens is 2. The molecular formula is C25H26ClN5O5. The minimum absolute atomic E-state index is 0.179. The van der Waals surface area contributed by atoms with E-state index in [4.69, 9.17) is 16.9 Å². The fourth-order valence-electron chi connectivity index (χ4n) is 3.93. The standard InChI is InChI=1S/C25H26ClN5O5/c1-4-30-20-9-8-16(10-18(20)23(34)31(5-2)24(30)35)28-21(32)12-25(3,36)13-22(33)29-17-7-6-15(14-27)19(26)11-17/h6-11,36H,4-5,12-13H2,1-3H3,(H,28,32)(H,29,33). The van der Waals surface area contributed by atoms with Gasteiger partial charge in [0.05, 0.1) is 39.9 Å². The summed E-state index contributed by atoms with van der Waals surface area (Å²) in [6, 6.07) is 11.0. The number of rotatable bonds is 8. The quantitative estimate of drug-likeness (QED) is 0.424. The molecule has 0 spiro atoms. The molecule has 3 aromatic rings. The Morgan fingerprint density at radius 1 is 1.00 bits per heavy atom. The van der Waals surface area contributed by atoms with Crippen LogP contribution >= 0.6 is 11.6 Å². The van der Waals surface area contributed by atoms with Gasteiger partial charge in [0.25, 0.3) is 5.56 Å². The van der Waals surface area contributed by atoms with Crippen LogP contribution in [0, 0.1) is 11.3 Å². The predicted octanol–water partition coefficient (Wildman–Crippen LogP) is 2.84. The number of nitrogens with one attached hydrogen (secondary N) is 2. The molecule has 0 saturated heterocycles. The summed E-state index contributed by atoms with van der Waals surface area (Å²) in [4.78, 5) is 50.3. The van der Waals surface area contributed by atoms with E-state index in [1.165, 1.54) is 35.8 Å². The third kappa shape index (κ3) is 5.82. The summed E-state index contributed by atoms with van der Waals surface area (Å²) in [6.45, 7) is 5.45. The maximum atomic E-state index is 12.8. The molecule has 0 bridgehead atoms. The van der Waals surface area contributed by atoms with Crippen LogP contribution in [0.1, 0.15) is 39.2 Å². The number of carbonyl (C=O) groups excluding carboxylic acids is 2. The van der Waals surface area contributed by atoms with Crippen LogP contribution in [0.2, 0.25) is 5.02 Å². The number of hydrogen-bond donors (Lipinski definition) is 3. The fourth-order valence-corrected chi connectivity index (χ4v) is 4.16. The van der Waals surface area contributed by atoms with Crippen LogP contribution in [0.4, 0.5) is 11.4 Å². The average Bonchev–Trinajstić information content (AvgIpc) is 2.79. The van der Waals surface area contributed by atoms with Gasteiger partial charge in [-0.2, -0.15) is 5.26 Å². The summed E-state index contributed by atoms with van der Waals surface area (Å²) in [5.74, 6) is -1.11. The number of hydrogen-bond acceptors (Lipinski definition) is 6. The first-order chi connectivity index (χ1) is 17.0. The molecule has 2 aromatic carbocycles. The molecule has 0 fully saturated rings. The molecule has 0 aliphatic heterocycles. The molecule has 11 heteroatoms. The average molecular weight is 512 g/mol. The number of benzene rings is 2. The Kier molecular flexibility index (Phi) is 7.97. The summed E-state index contributed by atoms with van der Waals surface area (Å²) in [7, 11) is 0. The third-order valence-electron chi connectivity index (χ3n) is 5.60. The van der Waals surface area contributed by atoms with Gasteiger partial charge in [-0.05, 0) is 57.2 Å². The molecule has 10 nitrogen and oxygen atoms in total. The van der Waals surface area contributed by atoms with Gasteiger partial charge in [0.2, 0.25) is 11.8 Å². The summed E-state index contributed by atoms with van der Waals surface area (Å²) < 4.78 is 2.61. The SMILES string of the molecule is CCn1c(=O)c2cc(NC(=O)CC(C)(O)CC(=O)Nc3ccc(C#N)c(Cl)c3)ccc2n(CC)c1=O. The number of amides is 2. The molecule has 188 valence electrons. The third-order valence-corrected chi connectivity index (χ3v) is 5.91. The summed E-state index contributed by atoms with van der Waals surface area (Å²) in [5.41, 5.74) is -1.12. The molecule has 3 rings (SSSR count). The van der Waals surface area contributed by atoms with E-state index in [9.17, 15) is 24.3 Å². The largest absolute Gasteiger partial charge is 0.389 e. The molecule has 2 amide bonds. The normalized spacial score (nSPS) is 12.6. The van der Waals surface area contributed by atoms with E-state index in [2.05, 4.69) is 10.6 Å². The minimum Gasteiger partial charge on any atom is -0.389 e. The van der Waals surface area contributed by atoms with Crippen LogP contribution in [0.15, 0.2) is 46.0 Å².